The van der Waals surface area contributed by atoms with Crippen molar-refractivity contribution in [2.45, 2.75) is 304 Å². The summed E-state index contributed by atoms with van der Waals surface area (Å²) in [5, 5.41) is 17.5. The SMILES string of the molecule is Cc1c(C)c(C)c2c([nH]c3c2c2c(c4c5c(C)c(C)c(C)c(C)c5n(C5OCC(C)C(C)C5C)c34)C(C)N(C)C2C)c1C.Cc1c(C)c(C)c2c(c1C)c1c3c(c4c5c(C)c(C)c(C)c(C)c5n(C)c4c1n2C)C(C)N(C)C3C.Cc1c(C)c(C)c2c(c1C)c1c3c(c4c5c(C)c(C)c(C)c(C)c5n5c4c1n2C1OC5(C)C(C)C1C)C(C)N(C)C3C. The molecule has 0 aliphatic carbocycles. The van der Waals surface area contributed by atoms with Crippen LogP contribution >= 0.6 is 0 Å². The van der Waals surface area contributed by atoms with Crippen LogP contribution < -0.4 is 0 Å². The number of hydrogen-bond donors (Lipinski definition) is 1. The summed E-state index contributed by atoms with van der Waals surface area (Å²) in [6.45, 7) is 85.6. The maximum absolute atomic E-state index is 7.48. The Morgan fingerprint density at radius 1 is 0.256 bits per heavy atom. The molecule has 6 aliphatic heterocycles. The maximum atomic E-state index is 7.48. The zero-order valence-electron chi connectivity index (χ0n) is 81.6. The van der Waals surface area contributed by atoms with Crippen molar-refractivity contribution in [3.05, 3.63) is 167 Å². The van der Waals surface area contributed by atoms with E-state index in [0.717, 1.165) is 6.61 Å². The van der Waals surface area contributed by atoms with E-state index < -0.39 is 5.72 Å². The number of hydrogen-bond acceptors (Lipinski definition) is 5. The van der Waals surface area contributed by atoms with Crippen LogP contribution in [-0.4, -0.2) is 70.3 Å². The molecule has 14 atom stereocenters. The molecule has 0 radical (unpaired) electrons. The summed E-state index contributed by atoms with van der Waals surface area (Å²) < 4.78 is 27.5. The van der Waals surface area contributed by atoms with Gasteiger partial charge in [0.1, 0.15) is 18.2 Å². The van der Waals surface area contributed by atoms with Crippen molar-refractivity contribution in [1.82, 2.24) is 42.5 Å². The number of aromatic amines is 1. The van der Waals surface area contributed by atoms with Gasteiger partial charge < -0.3 is 37.3 Å². The van der Waals surface area contributed by atoms with Gasteiger partial charge in [0.25, 0.3) is 0 Å². The molecule has 0 saturated carbocycles. The van der Waals surface area contributed by atoms with Crippen molar-refractivity contribution < 1.29 is 9.47 Å². The quantitative estimate of drug-likeness (QED) is 0.177. The molecule has 6 aliphatic rings. The fourth-order valence-corrected chi connectivity index (χ4v) is 26.6. The zero-order chi connectivity index (χ0) is 87.6. The van der Waals surface area contributed by atoms with E-state index in [9.17, 15) is 0 Å². The van der Waals surface area contributed by atoms with Crippen LogP contribution in [0.1, 0.15) is 299 Å². The predicted molar refractivity (Wildman–Crippen MR) is 518 cm³/mol. The van der Waals surface area contributed by atoms with Gasteiger partial charge in [0, 0.05) is 133 Å². The van der Waals surface area contributed by atoms with Crippen LogP contribution in [0.4, 0.5) is 0 Å². The summed E-state index contributed by atoms with van der Waals surface area (Å²) in [7, 11) is 11.6. The second kappa shape index (κ2) is 26.6. The highest BCUT2D eigenvalue weighted by molar-refractivity contribution is 6.31. The number of rotatable bonds is 1. The molecule has 1 N–H and O–H groups in total. The van der Waals surface area contributed by atoms with E-state index in [1.54, 1.807) is 22.3 Å². The van der Waals surface area contributed by atoms with Crippen LogP contribution in [0, 0.1) is 196 Å². The molecule has 11 nitrogen and oxygen atoms in total. The summed E-state index contributed by atoms with van der Waals surface area (Å²) in [4.78, 5) is 11.9. The molecule has 6 aromatic heterocycles. The van der Waals surface area contributed by atoms with Crippen LogP contribution in [0.2, 0.25) is 0 Å². The highest BCUT2D eigenvalue weighted by Crippen LogP contribution is 2.64. The smallest absolute Gasteiger partial charge is 0.148 e. The van der Waals surface area contributed by atoms with Crippen molar-refractivity contribution in [3.8, 4) is 0 Å². The highest BCUT2D eigenvalue weighted by Gasteiger charge is 2.56. The molecule has 9 aromatic carbocycles. The number of benzene rings is 9. The van der Waals surface area contributed by atoms with Crippen LogP contribution in [0.3, 0.4) is 0 Å². The average molecular weight is 1620 g/mol. The summed E-state index contributed by atoms with van der Waals surface area (Å²) in [5.41, 5.74) is 59.2. The highest BCUT2D eigenvalue weighted by atomic mass is 16.5. The lowest BCUT2D eigenvalue weighted by atomic mass is 9.82. The lowest BCUT2D eigenvalue weighted by molar-refractivity contribution is -0.116. The molecule has 14 unspecified atom stereocenters. The summed E-state index contributed by atoms with van der Waals surface area (Å²) in [6, 6.07) is 2.05. The molecule has 15 aromatic rings. The van der Waals surface area contributed by atoms with Crippen molar-refractivity contribution >= 4 is 131 Å². The lowest BCUT2D eigenvalue weighted by Crippen LogP contribution is -2.36. The first-order valence-corrected chi connectivity index (χ1v) is 46.2. The third-order valence-corrected chi connectivity index (χ3v) is 37.3. The first kappa shape index (κ1) is 82.2. The number of ether oxygens (including phenoxy) is 2. The van der Waals surface area contributed by atoms with E-state index in [-0.39, 0.29) is 12.5 Å². The molecule has 636 valence electrons. The second-order valence-corrected chi connectivity index (χ2v) is 41.2. The van der Waals surface area contributed by atoms with Gasteiger partial charge in [-0.3, -0.25) is 14.7 Å². The van der Waals surface area contributed by atoms with Crippen LogP contribution in [0.15, 0.2) is 0 Å². The van der Waals surface area contributed by atoms with Crippen molar-refractivity contribution in [1.29, 1.82) is 0 Å². The number of aryl methyl sites for hydroxylation is 14. The maximum Gasteiger partial charge on any atom is 0.148 e. The Morgan fingerprint density at radius 3 is 0.934 bits per heavy atom. The minimum atomic E-state index is -0.447. The van der Waals surface area contributed by atoms with Crippen molar-refractivity contribution in [2.75, 3.05) is 27.7 Å². The molecule has 2 saturated heterocycles. The topological polar surface area (TPSA) is 68.6 Å². The molecule has 2 bridgehead atoms. The van der Waals surface area contributed by atoms with E-state index in [1.807, 2.05) is 0 Å². The van der Waals surface area contributed by atoms with Gasteiger partial charge in [0.05, 0.1) is 72.8 Å². The average Bonchev–Trinajstić information content (AvgIpc) is 1.48. The molecule has 121 heavy (non-hydrogen) atoms. The van der Waals surface area contributed by atoms with Gasteiger partial charge in [-0.25, -0.2) is 0 Å². The fraction of sp³-hybridized carbons (Fsp3) is 0.509. The van der Waals surface area contributed by atoms with E-state index >= 15 is 0 Å². The third-order valence-electron chi connectivity index (χ3n) is 37.3. The van der Waals surface area contributed by atoms with Gasteiger partial charge >= 0.3 is 0 Å². The van der Waals surface area contributed by atoms with Gasteiger partial charge in [0.15, 0.2) is 0 Å². The Hall–Kier alpha value is -8.42. The first-order chi connectivity index (χ1) is 56.7. The van der Waals surface area contributed by atoms with Crippen LogP contribution in [-0.2, 0) is 29.3 Å². The van der Waals surface area contributed by atoms with Gasteiger partial charge in [-0.05, 0) is 415 Å². The standard InChI is InChI=1S/C39H51N3O.C38H47N3O.C33H41N3/c1-16-15-43-39(26(11)17(16)2)42-37-25(10)21(6)19(4)23(8)30(37)34-32-28(13)41(14)27(12)31(32)33-29-22(7)18(3)20(5)24(9)35(29)40-36(33)38(34)42;1-15-17(3)21(7)33-27(19(15)5)31-29-25(11)39(14)26(12)30(29)32-28-20(6)16(2)18(4)22(8)34(28)41-36(32)35(31)40(33)37-23(9)24(10)38(41,13)42-37;1-14-16(3)20(7)30-24(18(14)5)28-26-22(9)34(11)23(10)27(26)29-25-19(6)15(2)17(4)21(8)31(25)36(13)33(29)32(28)35(30)12/h16-17,26-28,39-40H,15H2,1-14H3;23-26,37H,1-14H3;22-23H,1-13H3. The zero-order valence-corrected chi connectivity index (χ0v) is 81.6. The van der Waals surface area contributed by atoms with Crippen molar-refractivity contribution in [3.63, 3.8) is 0 Å². The van der Waals surface area contributed by atoms with Gasteiger partial charge in [-0.1, -0.05) is 34.6 Å². The number of nitrogens with zero attached hydrogens (tertiary/aromatic N) is 8. The van der Waals surface area contributed by atoms with Crippen LogP contribution in [0.5, 0.6) is 0 Å². The summed E-state index contributed by atoms with van der Waals surface area (Å²) >= 11 is 0. The van der Waals surface area contributed by atoms with Crippen molar-refractivity contribution in [2.24, 2.45) is 43.7 Å². The number of aromatic nitrogens is 6. The molecule has 11 heteroatoms. The Kier molecular flexibility index (Phi) is 18.1. The third kappa shape index (κ3) is 9.60. The van der Waals surface area contributed by atoms with Crippen LogP contribution in [0.25, 0.3) is 131 Å². The molecule has 21 rings (SSSR count). The monoisotopic (exact) mass is 1620 g/mol. The van der Waals surface area contributed by atoms with E-state index in [1.165, 1.54) is 275 Å². The normalized spacial score (nSPS) is 25.0. The van der Waals surface area contributed by atoms with Gasteiger partial charge in [-0.15, -0.1) is 0 Å². The first-order valence-electron chi connectivity index (χ1n) is 46.2. The lowest BCUT2D eigenvalue weighted by Gasteiger charge is -2.40. The summed E-state index contributed by atoms with van der Waals surface area (Å²) in [6.07, 6.45) is -0.0298. The summed E-state index contributed by atoms with van der Waals surface area (Å²) in [5.74, 6) is 2.24. The Labute approximate surface area is 720 Å². The minimum absolute atomic E-state index is 0.0128. The molecule has 2 fully saturated rings. The van der Waals surface area contributed by atoms with E-state index in [0.29, 0.717) is 65.8 Å². The Morgan fingerprint density at radius 2 is 0.545 bits per heavy atom. The largest absolute Gasteiger partial charge is 0.357 e. The number of H-pyrrole nitrogens is 1. The van der Waals surface area contributed by atoms with Gasteiger partial charge in [-0.2, -0.15) is 0 Å². The fourth-order valence-electron chi connectivity index (χ4n) is 26.6. The number of nitrogens with one attached hydrogen (secondary N) is 1. The van der Waals surface area contributed by atoms with Gasteiger partial charge in [0.2, 0.25) is 0 Å². The molecule has 12 heterocycles. The predicted octanol–water partition coefficient (Wildman–Crippen LogP) is 28.8. The second-order valence-electron chi connectivity index (χ2n) is 41.2. The minimum Gasteiger partial charge on any atom is -0.357 e. The molecular formula is C110H139N9O2. The van der Waals surface area contributed by atoms with E-state index in [4.69, 9.17) is 9.47 Å². The van der Waals surface area contributed by atoms with E-state index in [2.05, 4.69) is 327 Å². The Bertz CT molecular complexity index is 7180. The Balaban J connectivity index is 0.000000120. The number of fused-ring (bicyclic) bond motifs is 33. The molecular weight excluding hydrogens is 1480 g/mol. The molecule has 0 spiro atoms. The molecule has 0 amide bonds.